The minimum atomic E-state index is -0.146. The summed E-state index contributed by atoms with van der Waals surface area (Å²) < 4.78 is 13.8. The molecule has 7 heteroatoms. The number of hydrogen-bond donors (Lipinski definition) is 1. The smallest absolute Gasteiger partial charge is 0.257 e. The second kappa shape index (κ2) is 13.2. The maximum Gasteiger partial charge on any atom is 0.257 e. The van der Waals surface area contributed by atoms with Gasteiger partial charge in [0.1, 0.15) is 17.3 Å². The third kappa shape index (κ3) is 7.73. The molecule has 194 valence electrons. The van der Waals surface area contributed by atoms with Crippen molar-refractivity contribution < 1.29 is 14.3 Å². The van der Waals surface area contributed by atoms with Gasteiger partial charge in [0.05, 0.1) is 17.6 Å². The first-order valence-corrected chi connectivity index (χ1v) is 13.2. The Hall–Kier alpha value is -3.51. The molecular formula is C30H34ClN3O3. The summed E-state index contributed by atoms with van der Waals surface area (Å²) in [4.78, 5) is 17.0. The molecule has 0 aliphatic carbocycles. The third-order valence-corrected chi connectivity index (χ3v) is 6.43. The zero-order valence-electron chi connectivity index (χ0n) is 21.5. The topological polar surface area (TPSA) is 65.4 Å². The third-order valence-electron chi connectivity index (χ3n) is 6.18. The van der Waals surface area contributed by atoms with E-state index in [9.17, 15) is 4.79 Å². The summed E-state index contributed by atoms with van der Waals surface area (Å²) in [6, 6.07) is 21.5. The zero-order valence-corrected chi connectivity index (χ0v) is 22.3. The summed E-state index contributed by atoms with van der Waals surface area (Å²) in [7, 11) is 0. The Balaban J connectivity index is 1.23. The Morgan fingerprint density at radius 2 is 1.78 bits per heavy atom. The van der Waals surface area contributed by atoms with Crippen molar-refractivity contribution in [3.8, 4) is 11.5 Å². The molecule has 0 aliphatic rings. The van der Waals surface area contributed by atoms with E-state index in [1.165, 1.54) is 11.1 Å². The minimum absolute atomic E-state index is 0.0235. The van der Waals surface area contributed by atoms with Gasteiger partial charge < -0.3 is 19.4 Å². The van der Waals surface area contributed by atoms with Gasteiger partial charge in [-0.25, -0.2) is 4.98 Å². The van der Waals surface area contributed by atoms with Crippen LogP contribution in [0.15, 0.2) is 66.7 Å². The number of nitrogens with one attached hydrogen (secondary N) is 1. The van der Waals surface area contributed by atoms with E-state index >= 15 is 0 Å². The Morgan fingerprint density at radius 3 is 2.59 bits per heavy atom. The number of halogens is 1. The van der Waals surface area contributed by atoms with Crippen molar-refractivity contribution in [2.75, 3.05) is 19.8 Å². The first-order valence-electron chi connectivity index (χ1n) is 12.8. The number of nitrogens with zero attached hydrogens (tertiary/aromatic N) is 2. The van der Waals surface area contributed by atoms with Gasteiger partial charge in [-0.3, -0.25) is 4.79 Å². The number of rotatable bonds is 13. The van der Waals surface area contributed by atoms with Gasteiger partial charge in [0.2, 0.25) is 0 Å². The van der Waals surface area contributed by atoms with Crippen LogP contribution in [0.1, 0.15) is 36.2 Å². The molecule has 1 N–H and O–H groups in total. The van der Waals surface area contributed by atoms with Crippen LogP contribution in [0.3, 0.4) is 0 Å². The molecule has 0 unspecified atom stereocenters. The van der Waals surface area contributed by atoms with Crippen LogP contribution < -0.4 is 14.8 Å². The second-order valence-corrected chi connectivity index (χ2v) is 9.63. The number of aryl methyl sites for hydroxylation is 4. The molecule has 1 heterocycles. The number of fused-ring (bicyclic) bond motifs is 1. The first kappa shape index (κ1) is 26.6. The van der Waals surface area contributed by atoms with E-state index in [0.717, 1.165) is 54.8 Å². The number of carbonyl (C=O) groups excluding carboxylic acids is 1. The average molecular weight is 520 g/mol. The van der Waals surface area contributed by atoms with Gasteiger partial charge >= 0.3 is 0 Å². The molecule has 0 aliphatic heterocycles. The molecule has 0 fully saturated rings. The molecule has 6 nitrogen and oxygen atoms in total. The summed E-state index contributed by atoms with van der Waals surface area (Å²) in [5.41, 5.74) is 4.57. The lowest BCUT2D eigenvalue weighted by Crippen LogP contribution is -2.30. The van der Waals surface area contributed by atoms with E-state index in [-0.39, 0.29) is 12.5 Å². The summed E-state index contributed by atoms with van der Waals surface area (Å²) in [5.74, 6) is 2.48. The van der Waals surface area contributed by atoms with Crippen molar-refractivity contribution in [2.45, 2.75) is 46.1 Å². The van der Waals surface area contributed by atoms with Crippen LogP contribution in [-0.2, 0) is 17.8 Å². The molecule has 1 aromatic heterocycles. The van der Waals surface area contributed by atoms with Crippen molar-refractivity contribution in [3.05, 3.63) is 88.7 Å². The second-order valence-electron chi connectivity index (χ2n) is 9.19. The van der Waals surface area contributed by atoms with Gasteiger partial charge in [-0.1, -0.05) is 41.4 Å². The van der Waals surface area contributed by atoms with Gasteiger partial charge in [-0.05, 0) is 81.1 Å². The molecule has 0 saturated heterocycles. The van der Waals surface area contributed by atoms with E-state index in [4.69, 9.17) is 26.1 Å². The van der Waals surface area contributed by atoms with Crippen LogP contribution in [0.5, 0.6) is 11.5 Å². The monoisotopic (exact) mass is 519 g/mol. The lowest BCUT2D eigenvalue weighted by atomic mass is 10.1. The largest absolute Gasteiger partial charge is 0.493 e. The maximum absolute atomic E-state index is 12.2. The summed E-state index contributed by atoms with van der Waals surface area (Å²) >= 11 is 5.87. The Kier molecular flexibility index (Phi) is 9.44. The fourth-order valence-corrected chi connectivity index (χ4v) is 4.41. The van der Waals surface area contributed by atoms with Crippen molar-refractivity contribution in [2.24, 2.45) is 0 Å². The van der Waals surface area contributed by atoms with Crippen LogP contribution in [0.4, 0.5) is 0 Å². The van der Waals surface area contributed by atoms with E-state index in [1.807, 2.05) is 6.07 Å². The number of para-hydroxylation sites is 2. The molecule has 3 aromatic carbocycles. The quantitative estimate of drug-likeness (QED) is 0.211. The van der Waals surface area contributed by atoms with Crippen molar-refractivity contribution in [3.63, 3.8) is 0 Å². The summed E-state index contributed by atoms with van der Waals surface area (Å²) in [6.45, 7) is 6.29. The minimum Gasteiger partial charge on any atom is -0.493 e. The summed E-state index contributed by atoms with van der Waals surface area (Å²) in [5, 5.41) is 3.56. The molecule has 0 bridgehead atoms. The van der Waals surface area contributed by atoms with Gasteiger partial charge in [-0.15, -0.1) is 0 Å². The van der Waals surface area contributed by atoms with Crippen LogP contribution in [0.25, 0.3) is 11.0 Å². The predicted octanol–water partition coefficient (Wildman–Crippen LogP) is 6.29. The van der Waals surface area contributed by atoms with Crippen LogP contribution in [-0.4, -0.2) is 35.2 Å². The SMILES string of the molecule is Cc1ccc(OCCCCn2c(CCCNC(=O)COc3ccc(Cl)cc3)nc3ccccc32)c(C)c1. The zero-order chi connectivity index (χ0) is 26.0. The highest BCUT2D eigenvalue weighted by molar-refractivity contribution is 6.30. The maximum atomic E-state index is 12.2. The molecule has 0 spiro atoms. The number of carbonyl (C=O) groups is 1. The van der Waals surface area contributed by atoms with Crippen molar-refractivity contribution in [1.82, 2.24) is 14.9 Å². The number of ether oxygens (including phenoxy) is 2. The summed E-state index contributed by atoms with van der Waals surface area (Å²) in [6.07, 6.45) is 3.54. The predicted molar refractivity (Wildman–Crippen MR) is 149 cm³/mol. The van der Waals surface area contributed by atoms with Gasteiger partial charge in [-0.2, -0.15) is 0 Å². The van der Waals surface area contributed by atoms with E-state index < -0.39 is 0 Å². The number of imidazole rings is 1. The molecule has 0 atom stereocenters. The molecular weight excluding hydrogens is 486 g/mol. The number of benzene rings is 3. The molecule has 4 rings (SSSR count). The van der Waals surface area contributed by atoms with E-state index in [2.05, 4.69) is 60.1 Å². The van der Waals surface area contributed by atoms with Crippen LogP contribution in [0.2, 0.25) is 5.02 Å². The highest BCUT2D eigenvalue weighted by atomic mass is 35.5. The van der Waals surface area contributed by atoms with E-state index in [1.54, 1.807) is 24.3 Å². The number of unbranched alkanes of at least 4 members (excludes halogenated alkanes) is 1. The standard InChI is InChI=1S/C30H34ClN3O3/c1-22-11-16-28(23(2)20-22)36-19-6-5-18-34-27-9-4-3-8-26(27)33-29(34)10-7-17-32-30(35)21-37-25-14-12-24(31)13-15-25/h3-4,8-9,11-16,20H,5-7,10,17-19,21H2,1-2H3,(H,32,35). The molecule has 4 aromatic rings. The molecule has 0 radical (unpaired) electrons. The fraction of sp³-hybridized carbons (Fsp3) is 0.333. The number of amides is 1. The lowest BCUT2D eigenvalue weighted by molar-refractivity contribution is -0.123. The highest BCUT2D eigenvalue weighted by Gasteiger charge is 2.11. The normalized spacial score (nSPS) is 11.0. The van der Waals surface area contributed by atoms with Gasteiger partial charge in [0.25, 0.3) is 5.91 Å². The number of hydrogen-bond acceptors (Lipinski definition) is 4. The first-order chi connectivity index (χ1) is 18.0. The van der Waals surface area contributed by atoms with Crippen LogP contribution >= 0.6 is 11.6 Å². The van der Waals surface area contributed by atoms with Gasteiger partial charge in [0, 0.05) is 24.5 Å². The van der Waals surface area contributed by atoms with Crippen molar-refractivity contribution in [1.29, 1.82) is 0 Å². The van der Waals surface area contributed by atoms with Crippen LogP contribution in [0, 0.1) is 13.8 Å². The fourth-order valence-electron chi connectivity index (χ4n) is 4.29. The Labute approximate surface area is 223 Å². The Bertz CT molecular complexity index is 1320. The average Bonchev–Trinajstić information content (AvgIpc) is 3.24. The molecule has 0 saturated carbocycles. The molecule has 1 amide bonds. The highest BCUT2D eigenvalue weighted by Crippen LogP contribution is 2.20. The van der Waals surface area contributed by atoms with Crippen molar-refractivity contribution >= 4 is 28.5 Å². The number of aromatic nitrogens is 2. The Morgan fingerprint density at radius 1 is 0.973 bits per heavy atom. The lowest BCUT2D eigenvalue weighted by Gasteiger charge is -2.12. The van der Waals surface area contributed by atoms with Gasteiger partial charge in [0.15, 0.2) is 6.61 Å². The van der Waals surface area contributed by atoms with E-state index in [0.29, 0.717) is 23.9 Å². The molecule has 37 heavy (non-hydrogen) atoms.